The van der Waals surface area contributed by atoms with Gasteiger partial charge in [0.1, 0.15) is 0 Å². The van der Waals surface area contributed by atoms with E-state index in [1.807, 2.05) is 22.9 Å². The molecule has 1 N–H and O–H groups in total. The summed E-state index contributed by atoms with van der Waals surface area (Å²) in [6, 6.07) is 7.25. The van der Waals surface area contributed by atoms with Gasteiger partial charge in [-0.05, 0) is 35.7 Å². The van der Waals surface area contributed by atoms with Gasteiger partial charge in [0.2, 0.25) is 11.7 Å². The Kier molecular flexibility index (Phi) is 4.85. The van der Waals surface area contributed by atoms with E-state index in [0.29, 0.717) is 17.0 Å². The summed E-state index contributed by atoms with van der Waals surface area (Å²) in [5, 5.41) is 6.51. The van der Waals surface area contributed by atoms with Gasteiger partial charge < -0.3 is 9.73 Å². The van der Waals surface area contributed by atoms with E-state index in [9.17, 15) is 9.59 Å². The largest absolute Gasteiger partial charge is 0.472 e. The van der Waals surface area contributed by atoms with Gasteiger partial charge >= 0.3 is 0 Å². The van der Waals surface area contributed by atoms with Gasteiger partial charge in [0.15, 0.2) is 0 Å². The predicted octanol–water partition coefficient (Wildman–Crippen LogP) is 3.96. The highest BCUT2D eigenvalue weighted by molar-refractivity contribution is 7.14. The van der Waals surface area contributed by atoms with Crippen LogP contribution in [0.4, 0.5) is 0 Å². The number of hydrogen-bond acceptors (Lipinski definition) is 5. The number of nitrogens with one attached hydrogen (secondary N) is 1. The average molecular weight is 343 g/mol. The Bertz CT molecular complexity index is 814. The number of rotatable bonds is 6. The maximum Gasteiger partial charge on any atom is 0.244 e. The summed E-state index contributed by atoms with van der Waals surface area (Å²) in [4.78, 5) is 25.6. The molecule has 23 heavy (non-hydrogen) atoms. The Labute approximate surface area is 141 Å². The van der Waals surface area contributed by atoms with Crippen molar-refractivity contribution < 1.29 is 14.0 Å². The standard InChI is InChI=1S/C17H13NO3S2/c19-16(4-1-12-5-7-21-10-12)18-9-14-2-3-15(23-14)17(20)13-6-8-22-11-13/h1-8,10-11H,9H2,(H,18,19). The maximum absolute atomic E-state index is 12.2. The summed E-state index contributed by atoms with van der Waals surface area (Å²) in [6.07, 6.45) is 6.25. The lowest BCUT2D eigenvalue weighted by Crippen LogP contribution is -2.19. The fourth-order valence-electron chi connectivity index (χ4n) is 1.91. The van der Waals surface area contributed by atoms with Crippen molar-refractivity contribution in [2.24, 2.45) is 0 Å². The number of ketones is 1. The van der Waals surface area contributed by atoms with Crippen molar-refractivity contribution in [1.82, 2.24) is 5.32 Å². The van der Waals surface area contributed by atoms with Gasteiger partial charge in [0.25, 0.3) is 0 Å². The lowest BCUT2D eigenvalue weighted by atomic mass is 10.2. The second-order valence-corrected chi connectivity index (χ2v) is 6.66. The molecular weight excluding hydrogens is 330 g/mol. The Morgan fingerprint density at radius 2 is 2.13 bits per heavy atom. The highest BCUT2D eigenvalue weighted by atomic mass is 32.1. The molecule has 4 nitrogen and oxygen atoms in total. The molecule has 3 heterocycles. The number of carbonyl (C=O) groups excluding carboxylic acids is 2. The third-order valence-corrected chi connectivity index (χ3v) is 4.84. The molecule has 0 atom stereocenters. The molecule has 0 bridgehead atoms. The van der Waals surface area contributed by atoms with Crippen LogP contribution >= 0.6 is 22.7 Å². The van der Waals surface area contributed by atoms with Gasteiger partial charge in [0, 0.05) is 27.5 Å². The molecule has 1 amide bonds. The maximum atomic E-state index is 12.2. The predicted molar refractivity (Wildman–Crippen MR) is 91.7 cm³/mol. The lowest BCUT2D eigenvalue weighted by Gasteiger charge is -1.98. The van der Waals surface area contributed by atoms with E-state index in [4.69, 9.17) is 4.42 Å². The van der Waals surface area contributed by atoms with Crippen molar-refractivity contribution in [1.29, 1.82) is 0 Å². The van der Waals surface area contributed by atoms with Gasteiger partial charge in [0.05, 0.1) is 23.9 Å². The van der Waals surface area contributed by atoms with Crippen LogP contribution in [0.15, 0.2) is 58.0 Å². The first kappa shape index (κ1) is 15.5. The summed E-state index contributed by atoms with van der Waals surface area (Å²) in [5.74, 6) is -0.168. The van der Waals surface area contributed by atoms with Crippen molar-refractivity contribution in [3.63, 3.8) is 0 Å². The summed E-state index contributed by atoms with van der Waals surface area (Å²) in [5.41, 5.74) is 1.54. The van der Waals surface area contributed by atoms with E-state index in [1.54, 1.807) is 30.7 Å². The molecule has 3 aromatic heterocycles. The number of thiophene rings is 2. The number of carbonyl (C=O) groups is 2. The summed E-state index contributed by atoms with van der Waals surface area (Å²) in [6.45, 7) is 0.399. The van der Waals surface area contributed by atoms with E-state index in [0.717, 1.165) is 10.4 Å². The highest BCUT2D eigenvalue weighted by Crippen LogP contribution is 2.21. The van der Waals surface area contributed by atoms with Crippen molar-refractivity contribution in [2.75, 3.05) is 0 Å². The van der Waals surface area contributed by atoms with Gasteiger partial charge in [-0.25, -0.2) is 0 Å². The van der Waals surface area contributed by atoms with Crippen LogP contribution in [0, 0.1) is 0 Å². The number of furan rings is 1. The minimum absolute atomic E-state index is 0.0219. The monoisotopic (exact) mass is 343 g/mol. The van der Waals surface area contributed by atoms with Gasteiger partial charge in [-0.2, -0.15) is 11.3 Å². The van der Waals surface area contributed by atoms with E-state index in [1.165, 1.54) is 28.7 Å². The van der Waals surface area contributed by atoms with Crippen LogP contribution in [0.2, 0.25) is 0 Å². The quantitative estimate of drug-likeness (QED) is 0.544. The molecule has 3 aromatic rings. The fraction of sp³-hybridized carbons (Fsp3) is 0.0588. The van der Waals surface area contributed by atoms with Crippen LogP contribution in [-0.4, -0.2) is 11.7 Å². The van der Waals surface area contributed by atoms with Crippen LogP contribution in [0.3, 0.4) is 0 Å². The normalized spacial score (nSPS) is 11.0. The first-order valence-corrected chi connectivity index (χ1v) is 8.62. The molecule has 116 valence electrons. The third-order valence-electron chi connectivity index (χ3n) is 3.08. The van der Waals surface area contributed by atoms with E-state index in [-0.39, 0.29) is 11.7 Å². The van der Waals surface area contributed by atoms with E-state index in [2.05, 4.69) is 5.32 Å². The molecule has 0 spiro atoms. The molecule has 0 fully saturated rings. The zero-order valence-electron chi connectivity index (χ0n) is 12.0. The zero-order valence-corrected chi connectivity index (χ0v) is 13.7. The van der Waals surface area contributed by atoms with Gasteiger partial charge in [-0.15, -0.1) is 11.3 Å². The van der Waals surface area contributed by atoms with Crippen LogP contribution < -0.4 is 5.32 Å². The SMILES string of the molecule is O=C(C=Cc1ccoc1)NCc1ccc(C(=O)c2ccsc2)s1. The van der Waals surface area contributed by atoms with Crippen LogP contribution in [0.1, 0.15) is 25.7 Å². The molecule has 6 heteroatoms. The second kappa shape index (κ2) is 7.21. The van der Waals surface area contributed by atoms with Crippen LogP contribution in [0.25, 0.3) is 6.08 Å². The van der Waals surface area contributed by atoms with Crippen molar-refractivity contribution in [3.8, 4) is 0 Å². The second-order valence-electron chi connectivity index (χ2n) is 4.71. The zero-order chi connectivity index (χ0) is 16.1. The van der Waals surface area contributed by atoms with Crippen LogP contribution in [0.5, 0.6) is 0 Å². The molecule has 0 aliphatic rings. The number of amides is 1. The molecule has 0 aliphatic heterocycles. The third kappa shape index (κ3) is 4.06. The van der Waals surface area contributed by atoms with Crippen molar-refractivity contribution >= 4 is 40.4 Å². The van der Waals surface area contributed by atoms with E-state index >= 15 is 0 Å². The van der Waals surface area contributed by atoms with Crippen molar-refractivity contribution in [2.45, 2.75) is 6.54 Å². The van der Waals surface area contributed by atoms with Crippen molar-refractivity contribution in [3.05, 3.63) is 74.5 Å². The molecule has 0 unspecified atom stereocenters. The van der Waals surface area contributed by atoms with Crippen LogP contribution in [-0.2, 0) is 11.3 Å². The molecule has 0 saturated heterocycles. The molecule has 3 rings (SSSR count). The molecule has 0 aliphatic carbocycles. The Morgan fingerprint density at radius 1 is 1.22 bits per heavy atom. The molecule has 0 radical (unpaired) electrons. The first-order valence-electron chi connectivity index (χ1n) is 6.86. The fourth-order valence-corrected chi connectivity index (χ4v) is 3.45. The Balaban J connectivity index is 1.55. The van der Waals surface area contributed by atoms with Gasteiger partial charge in [-0.1, -0.05) is 0 Å². The summed E-state index contributed by atoms with van der Waals surface area (Å²) >= 11 is 2.90. The molecule has 0 saturated carbocycles. The topological polar surface area (TPSA) is 59.3 Å². The summed E-state index contributed by atoms with van der Waals surface area (Å²) in [7, 11) is 0. The Hall–Kier alpha value is -2.44. The first-order chi connectivity index (χ1) is 11.2. The molecular formula is C17H13NO3S2. The van der Waals surface area contributed by atoms with Gasteiger partial charge in [-0.3, -0.25) is 9.59 Å². The minimum atomic E-state index is -0.190. The Morgan fingerprint density at radius 3 is 2.87 bits per heavy atom. The molecule has 0 aromatic carbocycles. The van der Waals surface area contributed by atoms with E-state index < -0.39 is 0 Å². The summed E-state index contributed by atoms with van der Waals surface area (Å²) < 4.78 is 4.92. The minimum Gasteiger partial charge on any atom is -0.472 e. The lowest BCUT2D eigenvalue weighted by molar-refractivity contribution is -0.116. The smallest absolute Gasteiger partial charge is 0.244 e. The number of hydrogen-bond donors (Lipinski definition) is 1. The average Bonchev–Trinajstić information content (AvgIpc) is 3.33. The highest BCUT2D eigenvalue weighted by Gasteiger charge is 2.12.